The number of hydrogen-bond acceptors (Lipinski definition) is 5. The van der Waals surface area contributed by atoms with Crippen molar-refractivity contribution in [2.24, 2.45) is 5.41 Å². The molecular weight excluding hydrogens is 440 g/mol. The number of aromatic nitrogens is 2. The normalized spacial score (nSPS) is 13.2. The largest absolute Gasteiger partial charge is 0.460 e. The van der Waals surface area contributed by atoms with Crippen LogP contribution in [-0.4, -0.2) is 23.0 Å². The van der Waals surface area contributed by atoms with Crippen molar-refractivity contribution >= 4 is 5.97 Å². The fourth-order valence-electron chi connectivity index (χ4n) is 3.33. The molecule has 5 nitrogen and oxygen atoms in total. The second-order valence-corrected chi connectivity index (χ2v) is 9.62. The van der Waals surface area contributed by atoms with Crippen LogP contribution in [0.2, 0.25) is 0 Å². The number of esters is 1. The van der Waals surface area contributed by atoms with Crippen LogP contribution in [0.5, 0.6) is 0 Å². The summed E-state index contributed by atoms with van der Waals surface area (Å²) in [4.78, 5) is 21.7. The minimum Gasteiger partial charge on any atom is -0.460 e. The van der Waals surface area contributed by atoms with E-state index in [1.54, 1.807) is 0 Å². The predicted molar refractivity (Wildman–Crippen MR) is 114 cm³/mol. The summed E-state index contributed by atoms with van der Waals surface area (Å²) in [6, 6.07) is 0. The summed E-state index contributed by atoms with van der Waals surface area (Å²) in [5.74, 6) is -7.52. The fraction of sp³-hybridized carbons (Fsp3) is 0.542. The van der Waals surface area contributed by atoms with Gasteiger partial charge >= 0.3 is 5.97 Å². The molecule has 182 valence electrons. The molecule has 1 atom stereocenters. The third-order valence-electron chi connectivity index (χ3n) is 5.70. The quantitative estimate of drug-likeness (QED) is 0.280. The Bertz CT molecular complexity index is 973. The molecule has 0 fully saturated rings. The van der Waals surface area contributed by atoms with Crippen LogP contribution < -0.4 is 0 Å². The highest BCUT2D eigenvalue weighted by Crippen LogP contribution is 2.39. The Kier molecular flexibility index (Phi) is 8.22. The third-order valence-corrected chi connectivity index (χ3v) is 5.70. The lowest BCUT2D eigenvalue weighted by molar-refractivity contribution is -0.150. The third kappa shape index (κ3) is 5.69. The molecule has 2 aromatic rings. The molecule has 1 unspecified atom stereocenters. The number of hydrogen-bond donors (Lipinski definition) is 0. The Morgan fingerprint density at radius 3 is 1.76 bits per heavy atom. The van der Waals surface area contributed by atoms with Gasteiger partial charge in [0.15, 0.2) is 23.3 Å². The van der Waals surface area contributed by atoms with Gasteiger partial charge in [0.05, 0.1) is 23.7 Å². The lowest BCUT2D eigenvalue weighted by Crippen LogP contribution is -2.31. The molecule has 0 aliphatic carbocycles. The topological polar surface area (TPSA) is 61.3 Å². The van der Waals surface area contributed by atoms with Crippen LogP contribution in [0.4, 0.5) is 17.6 Å². The molecule has 0 spiro atoms. The van der Waals surface area contributed by atoms with Crippen LogP contribution >= 0.6 is 0 Å². The Morgan fingerprint density at radius 1 is 0.909 bits per heavy atom. The van der Waals surface area contributed by atoms with E-state index in [2.05, 4.69) is 14.7 Å². The highest BCUT2D eigenvalue weighted by atomic mass is 19.2. The molecule has 33 heavy (non-hydrogen) atoms. The molecule has 0 saturated heterocycles. The van der Waals surface area contributed by atoms with E-state index in [-0.39, 0.29) is 5.41 Å². The first-order chi connectivity index (χ1) is 15.3. The molecule has 0 radical (unpaired) electrons. The molecule has 9 heteroatoms. The molecule has 0 bridgehead atoms. The average Bonchev–Trinajstić information content (AvgIpc) is 2.75. The first kappa shape index (κ1) is 26.7. The highest BCUT2D eigenvalue weighted by Gasteiger charge is 2.38. The van der Waals surface area contributed by atoms with E-state index in [0.29, 0.717) is 17.8 Å². The number of ether oxygens (including phenoxy) is 2. The van der Waals surface area contributed by atoms with Gasteiger partial charge in [0.2, 0.25) is 0 Å². The van der Waals surface area contributed by atoms with Gasteiger partial charge in [0, 0.05) is 30.5 Å². The van der Waals surface area contributed by atoms with Gasteiger partial charge in [-0.25, -0.2) is 27.5 Å². The maximum Gasteiger partial charge on any atom is 0.314 e. The van der Waals surface area contributed by atoms with Gasteiger partial charge in [0.25, 0.3) is 0 Å². The Balaban J connectivity index is 2.37. The molecule has 2 rings (SSSR count). The smallest absolute Gasteiger partial charge is 0.314 e. The summed E-state index contributed by atoms with van der Waals surface area (Å²) >= 11 is 0. The van der Waals surface area contributed by atoms with Crippen molar-refractivity contribution in [3.05, 3.63) is 58.2 Å². The van der Waals surface area contributed by atoms with Gasteiger partial charge in [-0.15, -0.1) is 0 Å². The van der Waals surface area contributed by atoms with E-state index >= 15 is 0 Å². The Morgan fingerprint density at radius 2 is 1.36 bits per heavy atom. The monoisotopic (exact) mass is 470 g/mol. The lowest BCUT2D eigenvalue weighted by Gasteiger charge is -2.32. The first-order valence-electron chi connectivity index (χ1n) is 10.6. The van der Waals surface area contributed by atoms with Gasteiger partial charge in [0.1, 0.15) is 12.4 Å². The van der Waals surface area contributed by atoms with E-state index in [1.165, 1.54) is 12.4 Å². The molecule has 0 amide bonds. The van der Waals surface area contributed by atoms with E-state index in [4.69, 9.17) is 4.74 Å². The van der Waals surface area contributed by atoms with Gasteiger partial charge in [-0.2, -0.15) is 0 Å². The zero-order chi connectivity index (χ0) is 25.1. The molecule has 0 aliphatic rings. The molecule has 0 N–H and O–H groups in total. The SMILES string of the molecule is CCC(C)(C)C(C(=O)OCc1c(F)c(F)c(COC)c(F)c1F)c1cnc(C(C)(C)C)nc1. The van der Waals surface area contributed by atoms with Crippen molar-refractivity contribution in [2.75, 3.05) is 7.11 Å². The van der Waals surface area contributed by atoms with Gasteiger partial charge < -0.3 is 9.47 Å². The van der Waals surface area contributed by atoms with Gasteiger partial charge in [-0.3, -0.25) is 4.79 Å². The zero-order valence-corrected chi connectivity index (χ0v) is 20.0. The van der Waals surface area contributed by atoms with Crippen LogP contribution in [0.1, 0.15) is 76.4 Å². The maximum absolute atomic E-state index is 14.4. The summed E-state index contributed by atoms with van der Waals surface area (Å²) in [5.41, 5.74) is -2.34. The number of rotatable bonds is 8. The summed E-state index contributed by atoms with van der Waals surface area (Å²) in [6.45, 7) is 9.75. The molecule has 0 aliphatic heterocycles. The number of benzene rings is 1. The molecule has 1 heterocycles. The maximum atomic E-state index is 14.4. The summed E-state index contributed by atoms with van der Waals surface area (Å²) < 4.78 is 67.0. The fourth-order valence-corrected chi connectivity index (χ4v) is 3.33. The molecule has 1 aromatic heterocycles. The van der Waals surface area contributed by atoms with Crippen molar-refractivity contribution in [1.29, 1.82) is 0 Å². The van der Waals surface area contributed by atoms with Crippen LogP contribution in [0, 0.1) is 28.7 Å². The zero-order valence-electron chi connectivity index (χ0n) is 20.0. The summed E-state index contributed by atoms with van der Waals surface area (Å²) in [6.07, 6.45) is 3.61. The highest BCUT2D eigenvalue weighted by molar-refractivity contribution is 5.79. The Labute approximate surface area is 191 Å². The van der Waals surface area contributed by atoms with Crippen molar-refractivity contribution < 1.29 is 31.8 Å². The minimum absolute atomic E-state index is 0.299. The average molecular weight is 471 g/mol. The van der Waals surface area contributed by atoms with Gasteiger partial charge in [-0.05, 0) is 11.8 Å². The molecular formula is C24H30F4N2O3. The summed E-state index contributed by atoms with van der Waals surface area (Å²) in [7, 11) is 1.14. The number of methoxy groups -OCH3 is 1. The van der Waals surface area contributed by atoms with Crippen LogP contribution in [0.25, 0.3) is 0 Å². The van der Waals surface area contributed by atoms with Crippen LogP contribution in [0.15, 0.2) is 12.4 Å². The van der Waals surface area contributed by atoms with E-state index in [0.717, 1.165) is 7.11 Å². The van der Waals surface area contributed by atoms with Crippen molar-refractivity contribution in [1.82, 2.24) is 9.97 Å². The van der Waals surface area contributed by atoms with Crippen molar-refractivity contribution in [3.8, 4) is 0 Å². The number of nitrogens with zero attached hydrogens (tertiary/aromatic N) is 2. The standard InChI is InChI=1S/C24H30F4N2O3/c1-8-24(5,6)16(13-9-29-22(30-10-13)23(2,3)4)21(31)33-12-15-19(27)17(25)14(11-32-7)18(26)20(15)28/h9-10,16H,8,11-12H2,1-7H3. The van der Waals surface area contributed by atoms with Crippen LogP contribution in [0.3, 0.4) is 0 Å². The first-order valence-corrected chi connectivity index (χ1v) is 10.6. The molecule has 0 saturated carbocycles. The molecule has 1 aromatic carbocycles. The number of halogens is 4. The van der Waals surface area contributed by atoms with E-state index in [1.807, 2.05) is 41.5 Å². The second kappa shape index (κ2) is 10.2. The summed E-state index contributed by atoms with van der Waals surface area (Å²) in [5, 5.41) is 0. The lowest BCUT2D eigenvalue weighted by atomic mass is 9.74. The number of carbonyl (C=O) groups excluding carboxylic acids is 1. The van der Waals surface area contributed by atoms with E-state index in [9.17, 15) is 22.4 Å². The minimum atomic E-state index is -1.63. The van der Waals surface area contributed by atoms with Crippen molar-refractivity contribution in [2.45, 2.75) is 72.5 Å². The van der Waals surface area contributed by atoms with Crippen molar-refractivity contribution in [3.63, 3.8) is 0 Å². The second-order valence-electron chi connectivity index (χ2n) is 9.62. The van der Waals surface area contributed by atoms with E-state index < -0.39 is 64.9 Å². The predicted octanol–water partition coefficient (Wildman–Crippen LogP) is 5.74. The Hall–Kier alpha value is -2.55. The number of carbonyl (C=O) groups is 1. The van der Waals surface area contributed by atoms with Crippen LogP contribution in [-0.2, 0) is 32.9 Å². The van der Waals surface area contributed by atoms with Gasteiger partial charge in [-0.1, -0.05) is 41.5 Å².